The van der Waals surface area contributed by atoms with E-state index in [0.717, 1.165) is 43.4 Å². The number of ether oxygens (including phenoxy) is 2. The molecular formula is C80H141N13O16. The number of likely N-dealkylation sites (N-methyl/N-ethyl adjacent to an activating group) is 6. The summed E-state index contributed by atoms with van der Waals surface area (Å²) in [5, 5.41) is 25.7. The van der Waals surface area contributed by atoms with Crippen molar-refractivity contribution in [2.24, 2.45) is 41.4 Å². The quantitative estimate of drug-likeness (QED) is 0.0842. The molecular weight excluding hydrogens is 1400 g/mol. The molecule has 0 aromatic rings. The van der Waals surface area contributed by atoms with Crippen molar-refractivity contribution in [1.82, 2.24) is 65.8 Å². The third-order valence-electron chi connectivity index (χ3n) is 22.7. The van der Waals surface area contributed by atoms with E-state index in [1.165, 1.54) is 85.7 Å². The Morgan fingerprint density at radius 3 is 1.59 bits per heavy atom. The van der Waals surface area contributed by atoms with Crippen LogP contribution in [0, 0.1) is 41.4 Å². The summed E-state index contributed by atoms with van der Waals surface area (Å²) in [6.45, 7) is 22.5. The van der Waals surface area contributed by atoms with Crippen molar-refractivity contribution in [2.45, 2.75) is 297 Å². The third-order valence-corrected chi connectivity index (χ3v) is 22.7. The summed E-state index contributed by atoms with van der Waals surface area (Å²) in [6, 6.07) is -12.2. The van der Waals surface area contributed by atoms with E-state index in [1.807, 2.05) is 55.4 Å². The first-order valence-electron chi connectivity index (χ1n) is 40.5. The summed E-state index contributed by atoms with van der Waals surface area (Å²) >= 11 is 0. The van der Waals surface area contributed by atoms with Crippen molar-refractivity contribution in [3.63, 3.8) is 0 Å². The topological polar surface area (TPSA) is 347 Å². The van der Waals surface area contributed by atoms with E-state index in [1.54, 1.807) is 39.6 Å². The lowest BCUT2D eigenvalue weighted by atomic mass is 9.77. The molecule has 109 heavy (non-hydrogen) atoms. The molecule has 622 valence electrons. The molecule has 2 heterocycles. The van der Waals surface area contributed by atoms with Crippen LogP contribution in [0.25, 0.3) is 0 Å². The van der Waals surface area contributed by atoms with Crippen LogP contribution in [0.15, 0.2) is 0 Å². The van der Waals surface area contributed by atoms with Gasteiger partial charge in [0, 0.05) is 76.1 Å². The van der Waals surface area contributed by atoms with Gasteiger partial charge in [-0.1, -0.05) is 107 Å². The molecule has 29 heteroatoms. The predicted molar refractivity (Wildman–Crippen MR) is 416 cm³/mol. The summed E-state index contributed by atoms with van der Waals surface area (Å²) in [6.07, 6.45) is 7.82. The minimum Gasteiger partial charge on any atom is -0.391 e. The van der Waals surface area contributed by atoms with Gasteiger partial charge in [0.25, 0.3) is 0 Å². The average Bonchev–Trinajstić information content (AvgIpc) is 0.853. The van der Waals surface area contributed by atoms with Gasteiger partial charge in [0.05, 0.1) is 49.8 Å². The summed E-state index contributed by atoms with van der Waals surface area (Å²) in [4.78, 5) is 206. The number of amides is 13. The van der Waals surface area contributed by atoms with Crippen LogP contribution in [0.3, 0.4) is 0 Å². The second-order valence-electron chi connectivity index (χ2n) is 33.9. The maximum Gasteiger partial charge on any atom is 0.248 e. The summed E-state index contributed by atoms with van der Waals surface area (Å²) in [5.41, 5.74) is -0.871. The van der Waals surface area contributed by atoms with Gasteiger partial charge in [-0.2, -0.15) is 0 Å². The van der Waals surface area contributed by atoms with Crippen LogP contribution < -0.4 is 26.6 Å². The fourth-order valence-corrected chi connectivity index (χ4v) is 15.4. The van der Waals surface area contributed by atoms with E-state index in [9.17, 15) is 29.1 Å². The predicted octanol–water partition coefficient (Wildman–Crippen LogP) is 4.87. The minimum absolute atomic E-state index is 0.0187. The largest absolute Gasteiger partial charge is 0.391 e. The molecule has 0 bridgehead atoms. The zero-order valence-electron chi connectivity index (χ0n) is 70.1. The Morgan fingerprint density at radius 1 is 0.560 bits per heavy atom. The second-order valence-corrected chi connectivity index (χ2v) is 33.9. The van der Waals surface area contributed by atoms with Crippen molar-refractivity contribution in [3.05, 3.63) is 0 Å². The summed E-state index contributed by atoms with van der Waals surface area (Å²) in [7, 11) is 11.6. The van der Waals surface area contributed by atoms with Crippen molar-refractivity contribution < 1.29 is 76.9 Å². The Bertz CT molecular complexity index is 3020. The van der Waals surface area contributed by atoms with Gasteiger partial charge in [-0.05, 0) is 147 Å². The fraction of sp³-hybridized carbons (Fsp3) is 0.838. The minimum atomic E-state index is -1.67. The van der Waals surface area contributed by atoms with Crippen molar-refractivity contribution in [3.8, 4) is 0 Å². The number of nitrogens with zero attached hydrogens (tertiary/aromatic N) is 8. The van der Waals surface area contributed by atoms with E-state index in [-0.39, 0.29) is 74.1 Å². The zero-order valence-corrected chi connectivity index (χ0v) is 70.1. The molecule has 2 saturated heterocycles. The maximum absolute atomic E-state index is 15.7. The SMILES string of the molecule is CCCCN1CC(=O)N(C)[C@@H](CC2CCCCC2)C(=O)N[C@@H]([C@@H](C)CC)C(=O)N(C)[C@@H](CC(C)C)C(=O)N[C@@H]([C@@H](C)O)C(=O)N(C)CC(=O)N(C)[C@@H](CCC2CCC(C(=O)NC)C(OC)C2)C(=O)N(C)[C@@H](CC(C)C)C(=O)N[C@@H](COC(C)(C)C)C(=O)N(C)[C@@H](CC(C)C)C(=O)N[C@H](C(=O)N2CCCCC2)CC1=O. The lowest BCUT2D eigenvalue weighted by molar-refractivity contribution is -0.151. The molecule has 13 amide bonds. The van der Waals surface area contributed by atoms with Crippen LogP contribution in [-0.2, 0) is 71.8 Å². The zero-order chi connectivity index (χ0) is 82.1. The number of rotatable bonds is 22. The van der Waals surface area contributed by atoms with Gasteiger partial charge in [-0.3, -0.25) is 62.3 Å². The van der Waals surface area contributed by atoms with Gasteiger partial charge < -0.3 is 80.4 Å². The average molecular weight is 1540 g/mol. The molecule has 0 aromatic heterocycles. The number of hydrogen-bond acceptors (Lipinski definition) is 16. The van der Waals surface area contributed by atoms with Gasteiger partial charge in [0.2, 0.25) is 76.8 Å². The highest BCUT2D eigenvalue weighted by atomic mass is 16.5. The first-order valence-corrected chi connectivity index (χ1v) is 40.5. The molecule has 4 aliphatic rings. The second kappa shape index (κ2) is 44.9. The van der Waals surface area contributed by atoms with E-state index < -0.39 is 181 Å². The molecule has 0 radical (unpaired) electrons. The first-order chi connectivity index (χ1) is 51.1. The number of piperidine rings is 1. The van der Waals surface area contributed by atoms with Gasteiger partial charge in [-0.15, -0.1) is 0 Å². The highest BCUT2D eigenvalue weighted by Crippen LogP contribution is 2.35. The number of likely N-dealkylation sites (tertiary alicyclic amines) is 1. The van der Waals surface area contributed by atoms with Crippen LogP contribution in [0.5, 0.6) is 0 Å². The number of aliphatic hydroxyl groups excluding tert-OH is 1. The molecule has 3 unspecified atom stereocenters. The normalized spacial score (nSPS) is 27.6. The summed E-state index contributed by atoms with van der Waals surface area (Å²) in [5.74, 6) is -10.3. The first kappa shape index (κ1) is 94.4. The molecule has 6 N–H and O–H groups in total. The standard InChI is InChI=1S/C80H141N13O16/c1-22-24-37-93-47-67(97)88(17)63(43-54-31-27-25-28-32-54)74(102)84-68(52(9)23-2)79(107)91(20)62(42-51(7)8)73(101)85-69(53(10)94)78(106)86(15)46-66(96)87(16)59(36-34-55-33-35-56(70(98)81-14)64(44-55)108-21)77(105)90(19)61(41-50(5)6)72(100)83-58(48-109-80(11,12)13)75(103)89(18)60(40-49(3)4)71(99)82-57(45-65(93)95)76(104)92-38-29-26-30-39-92/h49-64,68-69,94H,22-48H2,1-21H3,(H,81,98)(H,82,99)(H,83,100)(H,84,102)(H,85,101)/t52-,53+,55?,56?,57-,58-,59-,60-,61-,62-,63-,64?,68-,69-/m0/s1. The number of methoxy groups -OCH3 is 1. The molecule has 2 aliphatic carbocycles. The molecule has 0 spiro atoms. The monoisotopic (exact) mass is 1540 g/mol. The maximum atomic E-state index is 15.7. The molecule has 14 atom stereocenters. The lowest BCUT2D eigenvalue weighted by Gasteiger charge is -2.38. The third kappa shape index (κ3) is 28.3. The van der Waals surface area contributed by atoms with E-state index in [4.69, 9.17) is 9.47 Å². The van der Waals surface area contributed by atoms with Gasteiger partial charge in [0.15, 0.2) is 0 Å². The Balaban J connectivity index is 2.01. The number of carbonyl (C=O) groups is 13. The Hall–Kier alpha value is -7.01. The van der Waals surface area contributed by atoms with Crippen molar-refractivity contribution in [1.29, 1.82) is 0 Å². The van der Waals surface area contributed by atoms with E-state index >= 15 is 38.4 Å². The number of unbranched alkanes of at least 4 members (excludes halogenated alkanes) is 1. The van der Waals surface area contributed by atoms with Gasteiger partial charge in [-0.25, -0.2) is 0 Å². The lowest BCUT2D eigenvalue weighted by Crippen LogP contribution is -2.62. The van der Waals surface area contributed by atoms with Crippen LogP contribution in [0.1, 0.15) is 225 Å². The number of nitrogens with one attached hydrogen (secondary N) is 5. The van der Waals surface area contributed by atoms with E-state index in [2.05, 4.69) is 26.6 Å². The molecule has 0 aromatic carbocycles. The number of carbonyl (C=O) groups excluding carboxylic acids is 13. The highest BCUT2D eigenvalue weighted by Gasteiger charge is 2.45. The number of hydrogen-bond donors (Lipinski definition) is 6. The molecule has 29 nitrogen and oxygen atoms in total. The van der Waals surface area contributed by atoms with Gasteiger partial charge >= 0.3 is 0 Å². The van der Waals surface area contributed by atoms with Crippen LogP contribution in [0.2, 0.25) is 0 Å². The molecule has 4 fully saturated rings. The van der Waals surface area contributed by atoms with Crippen molar-refractivity contribution >= 4 is 76.8 Å². The highest BCUT2D eigenvalue weighted by molar-refractivity contribution is 6.00. The van der Waals surface area contributed by atoms with Gasteiger partial charge in [0.1, 0.15) is 54.4 Å². The van der Waals surface area contributed by atoms with Crippen LogP contribution in [0.4, 0.5) is 0 Å². The van der Waals surface area contributed by atoms with Crippen molar-refractivity contribution in [2.75, 3.05) is 95.8 Å². The molecule has 4 rings (SSSR count). The summed E-state index contributed by atoms with van der Waals surface area (Å²) < 4.78 is 12.1. The molecule has 2 saturated carbocycles. The van der Waals surface area contributed by atoms with E-state index in [0.29, 0.717) is 70.9 Å². The Labute approximate surface area is 650 Å². The molecule has 2 aliphatic heterocycles. The van der Waals surface area contributed by atoms with Crippen LogP contribution in [-0.4, -0.2) is 289 Å². The Morgan fingerprint density at radius 2 is 1.06 bits per heavy atom. The van der Waals surface area contributed by atoms with Crippen LogP contribution >= 0.6 is 0 Å². The number of aliphatic hydroxyl groups is 1. The fourth-order valence-electron chi connectivity index (χ4n) is 15.4. The Kier molecular flexibility index (Phi) is 38.9. The smallest absolute Gasteiger partial charge is 0.248 e.